The molecule has 7 heteroatoms. The molecule has 1 aromatic carbocycles. The first kappa shape index (κ1) is 20.5. The molecule has 1 aliphatic rings. The summed E-state index contributed by atoms with van der Waals surface area (Å²) in [7, 11) is 0. The van der Waals surface area contributed by atoms with Crippen molar-refractivity contribution in [3.8, 4) is 0 Å². The van der Waals surface area contributed by atoms with Crippen molar-refractivity contribution in [2.45, 2.75) is 77.2 Å². The van der Waals surface area contributed by atoms with E-state index in [0.717, 1.165) is 0 Å². The standard InChI is InChI=1S/C21H29N3O4/c1-12(2)18-16-8-13(20(3,4)27)6-7-15(16)19(26)24(23-18)11-17(25)22-14-9-21(5,28)10-14/h6-8,12,14,27-28H,9-11H2,1-5H3,(H,22,25). The number of nitrogens with one attached hydrogen (secondary N) is 1. The van der Waals surface area contributed by atoms with Gasteiger partial charge in [0.25, 0.3) is 5.56 Å². The van der Waals surface area contributed by atoms with Gasteiger partial charge in [-0.05, 0) is 57.2 Å². The summed E-state index contributed by atoms with van der Waals surface area (Å²) in [5.74, 6) is -0.256. The summed E-state index contributed by atoms with van der Waals surface area (Å²) in [5.41, 5.74) is -0.673. The number of hydrogen-bond acceptors (Lipinski definition) is 5. The lowest BCUT2D eigenvalue weighted by molar-refractivity contribution is -0.125. The first-order chi connectivity index (χ1) is 12.9. The highest BCUT2D eigenvalue weighted by Gasteiger charge is 2.39. The molecule has 1 heterocycles. The molecule has 0 bridgehead atoms. The van der Waals surface area contributed by atoms with Gasteiger partial charge in [-0.2, -0.15) is 5.10 Å². The number of carbonyl (C=O) groups excluding carboxylic acids is 1. The second-order valence-corrected chi connectivity index (χ2v) is 8.99. The van der Waals surface area contributed by atoms with Crippen LogP contribution in [-0.2, 0) is 16.9 Å². The molecule has 1 saturated carbocycles. The zero-order valence-corrected chi connectivity index (χ0v) is 17.1. The lowest BCUT2D eigenvalue weighted by Crippen LogP contribution is -2.54. The Morgan fingerprint density at radius 3 is 2.54 bits per heavy atom. The van der Waals surface area contributed by atoms with E-state index in [-0.39, 0.29) is 30.0 Å². The fraction of sp³-hybridized carbons (Fsp3) is 0.571. The third-order valence-corrected chi connectivity index (χ3v) is 5.27. The smallest absolute Gasteiger partial charge is 0.275 e. The number of nitrogens with zero attached hydrogens (tertiary/aromatic N) is 2. The van der Waals surface area contributed by atoms with Crippen molar-refractivity contribution >= 4 is 16.7 Å². The fourth-order valence-electron chi connectivity index (χ4n) is 3.74. The van der Waals surface area contributed by atoms with E-state index in [1.165, 1.54) is 4.68 Å². The first-order valence-corrected chi connectivity index (χ1v) is 9.67. The Morgan fingerprint density at radius 2 is 2.00 bits per heavy atom. The average molecular weight is 387 g/mol. The predicted octanol–water partition coefficient (Wildman–Crippen LogP) is 1.78. The van der Waals surface area contributed by atoms with Gasteiger partial charge in [0.15, 0.2) is 0 Å². The van der Waals surface area contributed by atoms with Gasteiger partial charge in [0.05, 0.1) is 22.3 Å². The highest BCUT2D eigenvalue weighted by molar-refractivity contribution is 5.85. The lowest BCUT2D eigenvalue weighted by atomic mass is 9.77. The quantitative estimate of drug-likeness (QED) is 0.725. The number of hydrogen-bond donors (Lipinski definition) is 3. The second kappa shape index (κ2) is 6.97. The van der Waals surface area contributed by atoms with E-state index < -0.39 is 11.2 Å². The zero-order chi connectivity index (χ0) is 20.9. The third kappa shape index (κ3) is 4.10. The molecule has 0 radical (unpaired) electrons. The van der Waals surface area contributed by atoms with Crippen molar-refractivity contribution in [3.05, 3.63) is 39.8 Å². The van der Waals surface area contributed by atoms with Gasteiger partial charge in [-0.15, -0.1) is 0 Å². The topological polar surface area (TPSA) is 104 Å². The summed E-state index contributed by atoms with van der Waals surface area (Å²) in [6.07, 6.45) is 1.02. The minimum absolute atomic E-state index is 0.0381. The van der Waals surface area contributed by atoms with Gasteiger partial charge >= 0.3 is 0 Å². The Balaban J connectivity index is 1.94. The van der Waals surface area contributed by atoms with E-state index in [1.54, 1.807) is 39.0 Å². The molecule has 0 unspecified atom stereocenters. The van der Waals surface area contributed by atoms with Gasteiger partial charge in [-0.25, -0.2) is 4.68 Å². The number of rotatable bonds is 5. The van der Waals surface area contributed by atoms with Crippen LogP contribution in [0.2, 0.25) is 0 Å². The monoisotopic (exact) mass is 387 g/mol. The maximum absolute atomic E-state index is 12.9. The maximum atomic E-state index is 12.9. The molecule has 1 amide bonds. The van der Waals surface area contributed by atoms with Crippen molar-refractivity contribution in [2.24, 2.45) is 0 Å². The summed E-state index contributed by atoms with van der Waals surface area (Å²) >= 11 is 0. The van der Waals surface area contributed by atoms with Crippen LogP contribution in [0.5, 0.6) is 0 Å². The van der Waals surface area contributed by atoms with E-state index in [0.29, 0.717) is 34.9 Å². The number of benzene rings is 1. The minimum Gasteiger partial charge on any atom is -0.390 e. The molecule has 2 aromatic rings. The summed E-state index contributed by atoms with van der Waals surface area (Å²) in [5, 5.41) is 28.6. The minimum atomic E-state index is -1.03. The van der Waals surface area contributed by atoms with Gasteiger partial charge in [0, 0.05) is 11.4 Å². The van der Waals surface area contributed by atoms with Crippen LogP contribution in [0.1, 0.15) is 64.6 Å². The third-order valence-electron chi connectivity index (χ3n) is 5.27. The summed E-state index contributed by atoms with van der Waals surface area (Å²) in [4.78, 5) is 25.2. The van der Waals surface area contributed by atoms with Crippen molar-refractivity contribution < 1.29 is 15.0 Å². The van der Waals surface area contributed by atoms with Crippen molar-refractivity contribution in [3.63, 3.8) is 0 Å². The van der Waals surface area contributed by atoms with Gasteiger partial charge < -0.3 is 15.5 Å². The number of amides is 1. The number of aromatic nitrogens is 2. The summed E-state index contributed by atoms with van der Waals surface area (Å²) in [6, 6.07) is 5.16. The number of aliphatic hydroxyl groups is 2. The van der Waals surface area contributed by atoms with Crippen LogP contribution in [0.15, 0.2) is 23.0 Å². The maximum Gasteiger partial charge on any atom is 0.275 e. The molecule has 152 valence electrons. The Kier molecular flexibility index (Phi) is 5.10. The van der Waals surface area contributed by atoms with E-state index in [2.05, 4.69) is 10.4 Å². The summed E-state index contributed by atoms with van der Waals surface area (Å²) < 4.78 is 1.20. The van der Waals surface area contributed by atoms with Crippen molar-refractivity contribution in [2.75, 3.05) is 0 Å². The Morgan fingerprint density at radius 1 is 1.36 bits per heavy atom. The Hall–Kier alpha value is -2.25. The van der Waals surface area contributed by atoms with Crippen LogP contribution in [-0.4, -0.2) is 37.5 Å². The van der Waals surface area contributed by atoms with Crippen molar-refractivity contribution in [1.29, 1.82) is 0 Å². The lowest BCUT2D eigenvalue weighted by Gasteiger charge is -2.41. The molecule has 0 aliphatic heterocycles. The van der Waals surface area contributed by atoms with Crippen LogP contribution in [0.25, 0.3) is 10.8 Å². The average Bonchev–Trinajstić information content (AvgIpc) is 2.54. The molecule has 1 fully saturated rings. The van der Waals surface area contributed by atoms with Crippen LogP contribution < -0.4 is 10.9 Å². The molecule has 28 heavy (non-hydrogen) atoms. The van der Waals surface area contributed by atoms with Gasteiger partial charge in [-0.3, -0.25) is 9.59 Å². The first-order valence-electron chi connectivity index (χ1n) is 9.67. The Bertz CT molecular complexity index is 962. The molecular weight excluding hydrogens is 358 g/mol. The highest BCUT2D eigenvalue weighted by Crippen LogP contribution is 2.31. The van der Waals surface area contributed by atoms with Crippen molar-refractivity contribution in [1.82, 2.24) is 15.1 Å². The molecule has 0 spiro atoms. The molecule has 1 aliphatic carbocycles. The highest BCUT2D eigenvalue weighted by atomic mass is 16.3. The molecular formula is C21H29N3O4. The van der Waals surface area contributed by atoms with E-state index in [9.17, 15) is 19.8 Å². The van der Waals surface area contributed by atoms with Crippen LogP contribution >= 0.6 is 0 Å². The number of fused-ring (bicyclic) bond motifs is 1. The number of carbonyl (C=O) groups is 1. The Labute approximate surface area is 164 Å². The summed E-state index contributed by atoms with van der Waals surface area (Å²) in [6.45, 7) is 8.91. The molecule has 3 rings (SSSR count). The molecule has 3 N–H and O–H groups in total. The largest absolute Gasteiger partial charge is 0.390 e. The fourth-order valence-corrected chi connectivity index (χ4v) is 3.74. The van der Waals surface area contributed by atoms with E-state index in [1.807, 2.05) is 13.8 Å². The predicted molar refractivity (Wildman–Crippen MR) is 107 cm³/mol. The van der Waals surface area contributed by atoms with Gasteiger partial charge in [0.2, 0.25) is 5.91 Å². The van der Waals surface area contributed by atoms with Crippen LogP contribution in [0, 0.1) is 0 Å². The molecule has 1 aromatic heterocycles. The molecule has 0 saturated heterocycles. The zero-order valence-electron chi connectivity index (χ0n) is 17.1. The SMILES string of the molecule is CC(C)c1nn(CC(=O)NC2CC(C)(O)C2)c(=O)c2ccc(C(C)(C)O)cc12. The van der Waals surface area contributed by atoms with E-state index in [4.69, 9.17) is 0 Å². The van der Waals surface area contributed by atoms with Crippen LogP contribution in [0.3, 0.4) is 0 Å². The van der Waals surface area contributed by atoms with E-state index >= 15 is 0 Å². The van der Waals surface area contributed by atoms with Crippen LogP contribution in [0.4, 0.5) is 0 Å². The van der Waals surface area contributed by atoms with Gasteiger partial charge in [-0.1, -0.05) is 19.9 Å². The molecule has 0 atom stereocenters. The molecule has 7 nitrogen and oxygen atoms in total. The van der Waals surface area contributed by atoms with Gasteiger partial charge in [0.1, 0.15) is 6.54 Å². The second-order valence-electron chi connectivity index (χ2n) is 8.99. The normalized spacial score (nSPS) is 22.4.